The zero-order valence-corrected chi connectivity index (χ0v) is 19.8. The number of nitrogens with zero attached hydrogens (tertiary/aromatic N) is 3. The number of hydrogen-bond acceptors (Lipinski definition) is 7. The molecule has 0 aliphatic heterocycles. The molecule has 0 bridgehead atoms. The zero-order chi connectivity index (χ0) is 23.4. The molecule has 0 aliphatic carbocycles. The van der Waals surface area contributed by atoms with Crippen molar-refractivity contribution in [2.45, 2.75) is 30.8 Å². The van der Waals surface area contributed by atoms with Crippen LogP contribution in [-0.2, 0) is 6.54 Å². The van der Waals surface area contributed by atoms with Crippen molar-refractivity contribution in [3.05, 3.63) is 77.7 Å². The van der Waals surface area contributed by atoms with Crippen molar-refractivity contribution in [2.24, 2.45) is 0 Å². The number of aryl methyl sites for hydroxylation is 1. The molecule has 7 nitrogen and oxygen atoms in total. The predicted molar refractivity (Wildman–Crippen MR) is 127 cm³/mol. The normalized spacial score (nSPS) is 11.9. The maximum Gasteiger partial charge on any atom is 0.192 e. The first-order valence-corrected chi connectivity index (χ1v) is 11.3. The number of ether oxygens (including phenoxy) is 2. The number of Topliss-reactive ketones (excluding diaryl/α,β-unsaturated/α-hetero) is 1. The Morgan fingerprint density at radius 1 is 1.09 bits per heavy atom. The lowest BCUT2D eigenvalue weighted by molar-refractivity contribution is 0.0991. The molecule has 0 amide bonds. The number of thioether (sulfide) groups is 1. The summed E-state index contributed by atoms with van der Waals surface area (Å²) in [4.78, 5) is 13.3. The van der Waals surface area contributed by atoms with Crippen molar-refractivity contribution in [1.29, 1.82) is 0 Å². The second-order valence-corrected chi connectivity index (χ2v) is 8.84. The van der Waals surface area contributed by atoms with Crippen LogP contribution in [0.3, 0.4) is 0 Å². The van der Waals surface area contributed by atoms with Crippen LogP contribution in [0.5, 0.6) is 11.5 Å². The largest absolute Gasteiger partial charge is 0.497 e. The van der Waals surface area contributed by atoms with E-state index < -0.39 is 5.25 Å². The summed E-state index contributed by atoms with van der Waals surface area (Å²) in [5.74, 6) is 2.54. The predicted octanol–water partition coefficient (Wildman–Crippen LogP) is 5.28. The Hall–Kier alpha value is -3.52. The van der Waals surface area contributed by atoms with Gasteiger partial charge in [-0.1, -0.05) is 35.5 Å². The molecule has 2 heterocycles. The molecule has 2 aromatic carbocycles. The molecule has 0 spiro atoms. The third-order valence-corrected chi connectivity index (χ3v) is 6.29. The third-order valence-electron chi connectivity index (χ3n) is 5.21. The van der Waals surface area contributed by atoms with Crippen molar-refractivity contribution in [2.75, 3.05) is 14.2 Å². The molecule has 0 unspecified atom stereocenters. The average Bonchev–Trinajstić information content (AvgIpc) is 3.48. The van der Waals surface area contributed by atoms with Crippen LogP contribution in [-0.4, -0.2) is 40.0 Å². The highest BCUT2D eigenvalue weighted by Gasteiger charge is 2.24. The van der Waals surface area contributed by atoms with E-state index in [0.29, 0.717) is 28.8 Å². The van der Waals surface area contributed by atoms with E-state index in [0.717, 1.165) is 22.7 Å². The fraction of sp³-hybridized carbons (Fsp3) is 0.240. The van der Waals surface area contributed by atoms with E-state index in [2.05, 4.69) is 16.3 Å². The molecule has 0 saturated carbocycles. The fourth-order valence-electron chi connectivity index (χ4n) is 3.51. The van der Waals surface area contributed by atoms with Crippen LogP contribution in [0.2, 0.25) is 0 Å². The van der Waals surface area contributed by atoms with Crippen LogP contribution in [0.25, 0.3) is 11.4 Å². The number of rotatable bonds is 9. The minimum absolute atomic E-state index is 0.0656. The highest BCUT2D eigenvalue weighted by Crippen LogP contribution is 2.32. The Balaban J connectivity index is 1.65. The first-order chi connectivity index (χ1) is 16.0. The number of furan rings is 1. The molecular formula is C25H25N3O4S. The average molecular weight is 464 g/mol. The number of benzene rings is 2. The van der Waals surface area contributed by atoms with Crippen molar-refractivity contribution >= 4 is 17.5 Å². The van der Waals surface area contributed by atoms with Gasteiger partial charge in [-0.2, -0.15) is 0 Å². The molecule has 1 atom stereocenters. The van der Waals surface area contributed by atoms with Crippen molar-refractivity contribution in [1.82, 2.24) is 14.8 Å². The highest BCUT2D eigenvalue weighted by atomic mass is 32.2. The number of hydrogen-bond donors (Lipinski definition) is 0. The summed E-state index contributed by atoms with van der Waals surface area (Å²) in [5.41, 5.74) is 2.58. The number of methoxy groups -OCH3 is 2. The lowest BCUT2D eigenvalue weighted by atomic mass is 10.1. The Kier molecular flexibility index (Phi) is 6.84. The molecule has 0 radical (unpaired) electrons. The Morgan fingerprint density at radius 2 is 1.94 bits per heavy atom. The highest BCUT2D eigenvalue weighted by molar-refractivity contribution is 8.00. The van der Waals surface area contributed by atoms with Crippen molar-refractivity contribution < 1.29 is 18.7 Å². The molecule has 2 aromatic heterocycles. The van der Waals surface area contributed by atoms with Gasteiger partial charge in [0.2, 0.25) is 0 Å². The second kappa shape index (κ2) is 9.95. The lowest BCUT2D eigenvalue weighted by Crippen LogP contribution is -2.16. The Labute approximate surface area is 196 Å². The van der Waals surface area contributed by atoms with E-state index in [1.54, 1.807) is 31.6 Å². The lowest BCUT2D eigenvalue weighted by Gasteiger charge is -2.15. The molecular weight excluding hydrogens is 438 g/mol. The second-order valence-electron chi connectivity index (χ2n) is 7.53. The van der Waals surface area contributed by atoms with Crippen LogP contribution >= 0.6 is 11.8 Å². The standard InChI is InChI=1S/C25H25N3O4S/c1-16-7-5-8-18(13-16)24-26-27-25(28(24)15-20-9-6-12-32-20)33-17(2)23(29)21-11-10-19(30-3)14-22(21)31-4/h5-14,17H,15H2,1-4H3/t17-/m1/s1. The van der Waals surface area contributed by atoms with Gasteiger partial charge in [0, 0.05) is 11.6 Å². The van der Waals surface area contributed by atoms with Gasteiger partial charge in [-0.3, -0.25) is 9.36 Å². The summed E-state index contributed by atoms with van der Waals surface area (Å²) in [6, 6.07) is 17.0. The summed E-state index contributed by atoms with van der Waals surface area (Å²) in [6.07, 6.45) is 1.64. The number of carbonyl (C=O) groups is 1. The van der Waals surface area contributed by atoms with E-state index >= 15 is 0 Å². The molecule has 4 rings (SSSR count). The first kappa shape index (κ1) is 22.7. The van der Waals surface area contributed by atoms with Gasteiger partial charge in [0.25, 0.3) is 0 Å². The molecule has 0 N–H and O–H groups in total. The molecule has 33 heavy (non-hydrogen) atoms. The minimum atomic E-state index is -0.419. The van der Waals surface area contributed by atoms with E-state index in [1.807, 2.05) is 48.7 Å². The van der Waals surface area contributed by atoms with Crippen LogP contribution in [0.1, 0.15) is 28.6 Å². The van der Waals surface area contributed by atoms with E-state index in [-0.39, 0.29) is 5.78 Å². The number of carbonyl (C=O) groups excluding carboxylic acids is 1. The van der Waals surface area contributed by atoms with E-state index in [1.165, 1.54) is 18.9 Å². The summed E-state index contributed by atoms with van der Waals surface area (Å²) in [7, 11) is 3.11. The fourth-order valence-corrected chi connectivity index (χ4v) is 4.42. The molecule has 8 heteroatoms. The molecule has 170 valence electrons. The van der Waals surface area contributed by atoms with Crippen LogP contribution < -0.4 is 9.47 Å². The van der Waals surface area contributed by atoms with Gasteiger partial charge < -0.3 is 13.9 Å². The van der Waals surface area contributed by atoms with E-state index in [9.17, 15) is 4.79 Å². The zero-order valence-electron chi connectivity index (χ0n) is 18.9. The summed E-state index contributed by atoms with van der Waals surface area (Å²) < 4.78 is 18.2. The Bertz CT molecular complexity index is 1250. The number of aromatic nitrogens is 3. The topological polar surface area (TPSA) is 79.4 Å². The van der Waals surface area contributed by atoms with Gasteiger partial charge in [-0.15, -0.1) is 10.2 Å². The smallest absolute Gasteiger partial charge is 0.192 e. The van der Waals surface area contributed by atoms with Crippen LogP contribution in [0, 0.1) is 6.92 Å². The minimum Gasteiger partial charge on any atom is -0.497 e. The molecule has 0 saturated heterocycles. The molecule has 0 aliphatic rings. The van der Waals surface area contributed by atoms with Crippen LogP contribution in [0.15, 0.2) is 70.4 Å². The van der Waals surface area contributed by atoms with Gasteiger partial charge in [-0.05, 0) is 44.2 Å². The Morgan fingerprint density at radius 3 is 2.64 bits per heavy atom. The van der Waals surface area contributed by atoms with Gasteiger partial charge in [0.1, 0.15) is 17.3 Å². The van der Waals surface area contributed by atoms with Gasteiger partial charge in [0.05, 0.1) is 37.8 Å². The van der Waals surface area contributed by atoms with Gasteiger partial charge >= 0.3 is 0 Å². The van der Waals surface area contributed by atoms with Crippen molar-refractivity contribution in [3.63, 3.8) is 0 Å². The molecule has 0 fully saturated rings. The summed E-state index contributed by atoms with van der Waals surface area (Å²) in [6.45, 7) is 4.35. The van der Waals surface area contributed by atoms with Crippen LogP contribution in [0.4, 0.5) is 0 Å². The maximum absolute atomic E-state index is 13.3. The third kappa shape index (κ3) is 4.96. The first-order valence-electron chi connectivity index (χ1n) is 10.5. The summed E-state index contributed by atoms with van der Waals surface area (Å²) >= 11 is 1.36. The van der Waals surface area contributed by atoms with Gasteiger partial charge in [0.15, 0.2) is 16.8 Å². The maximum atomic E-state index is 13.3. The van der Waals surface area contributed by atoms with Crippen molar-refractivity contribution in [3.8, 4) is 22.9 Å². The van der Waals surface area contributed by atoms with Gasteiger partial charge in [-0.25, -0.2) is 0 Å². The number of ketones is 1. The molecule has 4 aromatic rings. The summed E-state index contributed by atoms with van der Waals surface area (Å²) in [5, 5.41) is 9.08. The SMILES string of the molecule is COc1ccc(C(=O)[C@@H](C)Sc2nnc(-c3cccc(C)c3)n2Cc2ccco2)c(OC)c1. The monoisotopic (exact) mass is 463 g/mol. The quantitative estimate of drug-likeness (QED) is 0.247. The van der Waals surface area contributed by atoms with E-state index in [4.69, 9.17) is 13.9 Å².